The summed E-state index contributed by atoms with van der Waals surface area (Å²) in [5.74, 6) is 1.90. The Labute approximate surface area is 213 Å². The number of fused-ring (bicyclic) bond motifs is 1. The highest BCUT2D eigenvalue weighted by molar-refractivity contribution is 5.88. The van der Waals surface area contributed by atoms with Crippen molar-refractivity contribution in [2.24, 2.45) is 11.8 Å². The van der Waals surface area contributed by atoms with Crippen LogP contribution in [-0.2, 0) is 9.53 Å². The van der Waals surface area contributed by atoms with Gasteiger partial charge in [-0.25, -0.2) is 4.39 Å². The lowest BCUT2D eigenvalue weighted by Gasteiger charge is -2.36. The Balaban J connectivity index is 0.991. The van der Waals surface area contributed by atoms with Crippen molar-refractivity contribution in [2.45, 2.75) is 76.9 Å². The van der Waals surface area contributed by atoms with Gasteiger partial charge in [0.05, 0.1) is 11.0 Å². The zero-order valence-electron chi connectivity index (χ0n) is 21.8. The molecular formula is C28H41FN4O3. The van der Waals surface area contributed by atoms with Crippen molar-refractivity contribution in [3.05, 3.63) is 24.0 Å². The third-order valence-electron chi connectivity index (χ3n) is 8.42. The van der Waals surface area contributed by atoms with Gasteiger partial charge in [-0.3, -0.25) is 9.69 Å². The highest BCUT2D eigenvalue weighted by atomic mass is 19.1. The van der Waals surface area contributed by atoms with E-state index in [9.17, 15) is 9.18 Å². The molecule has 2 aliphatic heterocycles. The highest BCUT2D eigenvalue weighted by Gasteiger charge is 2.31. The van der Waals surface area contributed by atoms with E-state index in [1.807, 2.05) is 0 Å². The number of anilines is 1. The summed E-state index contributed by atoms with van der Waals surface area (Å²) in [6, 6.07) is 4.90. The number of aromatic nitrogens is 1. The smallest absolute Gasteiger partial charge is 0.220 e. The van der Waals surface area contributed by atoms with Crippen molar-refractivity contribution in [1.82, 2.24) is 15.4 Å². The molecule has 0 unspecified atom stereocenters. The number of carbonyl (C=O) groups is 1. The van der Waals surface area contributed by atoms with Gasteiger partial charge in [0, 0.05) is 45.2 Å². The summed E-state index contributed by atoms with van der Waals surface area (Å²) in [6.45, 7) is 9.85. The van der Waals surface area contributed by atoms with Gasteiger partial charge >= 0.3 is 0 Å². The van der Waals surface area contributed by atoms with Crippen LogP contribution in [0.3, 0.4) is 0 Å². The minimum atomic E-state index is -0.261. The van der Waals surface area contributed by atoms with Crippen LogP contribution in [0.1, 0.15) is 65.2 Å². The Bertz CT molecular complexity index is 1020. The fourth-order valence-electron chi connectivity index (χ4n) is 6.35. The third kappa shape index (κ3) is 6.38. The largest absolute Gasteiger partial charge is 0.376 e. The van der Waals surface area contributed by atoms with Crippen molar-refractivity contribution in [3.8, 4) is 0 Å². The van der Waals surface area contributed by atoms with Gasteiger partial charge in [0.15, 0.2) is 11.4 Å². The van der Waals surface area contributed by atoms with Gasteiger partial charge in [0.2, 0.25) is 5.91 Å². The highest BCUT2D eigenvalue weighted by Crippen LogP contribution is 2.32. The Morgan fingerprint density at radius 2 is 1.89 bits per heavy atom. The fraction of sp³-hybridized carbons (Fsp3) is 0.714. The molecule has 5 rings (SSSR count). The Kier molecular flexibility index (Phi) is 7.82. The molecule has 3 fully saturated rings. The van der Waals surface area contributed by atoms with Crippen LogP contribution in [0.4, 0.5) is 10.2 Å². The summed E-state index contributed by atoms with van der Waals surface area (Å²) in [6.07, 6.45) is 8.41. The molecule has 0 spiro atoms. The maximum absolute atomic E-state index is 13.7. The summed E-state index contributed by atoms with van der Waals surface area (Å²) in [4.78, 5) is 17.3. The Morgan fingerprint density at radius 1 is 1.11 bits per heavy atom. The van der Waals surface area contributed by atoms with Crippen molar-refractivity contribution in [1.29, 1.82) is 0 Å². The van der Waals surface area contributed by atoms with Crippen molar-refractivity contribution in [2.75, 3.05) is 44.2 Å². The van der Waals surface area contributed by atoms with Gasteiger partial charge in [-0.1, -0.05) is 5.16 Å². The van der Waals surface area contributed by atoms with Crippen LogP contribution in [0.5, 0.6) is 0 Å². The normalized spacial score (nSPS) is 27.3. The van der Waals surface area contributed by atoms with Gasteiger partial charge in [-0.2, -0.15) is 0 Å². The summed E-state index contributed by atoms with van der Waals surface area (Å²) < 4.78 is 24.9. The summed E-state index contributed by atoms with van der Waals surface area (Å²) in [5, 5.41) is 8.28. The van der Waals surface area contributed by atoms with Crippen molar-refractivity contribution >= 4 is 22.7 Å². The first-order chi connectivity index (χ1) is 17.3. The standard InChI is InChI=1S/C28H41FN4O3/c1-28(2)19-21(10-16-35-28)17-26(34)30-23-6-3-20(4-7-23)9-11-32-12-14-33(15-13-32)27-24-18-22(29)5-8-25(24)36-31-27/h5,8,18,20-21,23H,3-4,6-7,9-17,19H2,1-2H3,(H,30,34)/t20?,21-,23?/m1/s1. The van der Waals surface area contributed by atoms with Gasteiger partial charge < -0.3 is 19.5 Å². The van der Waals surface area contributed by atoms with Gasteiger partial charge in [0.25, 0.3) is 0 Å². The molecule has 1 aliphatic carbocycles. The number of rotatable bonds is 7. The summed E-state index contributed by atoms with van der Waals surface area (Å²) >= 11 is 0. The average Bonchev–Trinajstić information content (AvgIpc) is 3.26. The first-order valence-corrected chi connectivity index (χ1v) is 13.8. The number of nitrogens with one attached hydrogen (secondary N) is 1. The number of hydrogen-bond donors (Lipinski definition) is 1. The van der Waals surface area contributed by atoms with Crippen LogP contribution in [0.2, 0.25) is 0 Å². The minimum Gasteiger partial charge on any atom is -0.376 e. The van der Waals surface area contributed by atoms with Crippen LogP contribution in [0, 0.1) is 17.7 Å². The molecular weight excluding hydrogens is 459 g/mol. The van der Waals surface area contributed by atoms with E-state index < -0.39 is 0 Å². The van der Waals surface area contributed by atoms with Crippen LogP contribution in [-0.4, -0.2) is 66.9 Å². The fourth-order valence-corrected chi connectivity index (χ4v) is 6.35. The molecule has 0 radical (unpaired) electrons. The molecule has 8 heteroatoms. The van der Waals surface area contributed by atoms with E-state index in [1.165, 1.54) is 31.4 Å². The van der Waals surface area contributed by atoms with Gasteiger partial charge in [-0.05, 0) is 95.4 Å². The molecule has 1 atom stereocenters. The number of amides is 1. The molecule has 198 valence electrons. The molecule has 1 N–H and O–H groups in total. The zero-order valence-corrected chi connectivity index (χ0v) is 21.8. The van der Waals surface area contributed by atoms with Crippen LogP contribution in [0.25, 0.3) is 11.0 Å². The number of piperazine rings is 1. The van der Waals surface area contributed by atoms with Crippen molar-refractivity contribution < 1.29 is 18.4 Å². The molecule has 1 aromatic carbocycles. The van der Waals surface area contributed by atoms with Gasteiger partial charge in [0.1, 0.15) is 5.82 Å². The SMILES string of the molecule is CC1(C)C[C@@H](CC(=O)NC2CCC(CCN3CCN(c4noc5ccc(F)cc45)CC3)CC2)CCO1. The molecule has 0 bridgehead atoms. The number of carbonyl (C=O) groups excluding carboxylic acids is 1. The topological polar surface area (TPSA) is 70.8 Å². The van der Waals surface area contributed by atoms with E-state index in [2.05, 4.69) is 34.1 Å². The lowest BCUT2D eigenvalue weighted by atomic mass is 9.83. The monoisotopic (exact) mass is 500 g/mol. The molecule has 36 heavy (non-hydrogen) atoms. The van der Waals surface area contributed by atoms with Crippen LogP contribution in [0.15, 0.2) is 22.7 Å². The lowest BCUT2D eigenvalue weighted by Crippen LogP contribution is -2.47. The molecule has 2 saturated heterocycles. The van der Waals surface area contributed by atoms with E-state index in [4.69, 9.17) is 9.26 Å². The van der Waals surface area contributed by atoms with E-state index in [0.717, 1.165) is 82.1 Å². The van der Waals surface area contributed by atoms with Crippen LogP contribution >= 0.6 is 0 Å². The lowest BCUT2D eigenvalue weighted by molar-refractivity contribution is -0.125. The van der Waals surface area contributed by atoms with Crippen molar-refractivity contribution in [3.63, 3.8) is 0 Å². The molecule has 3 aliphatic rings. The first-order valence-electron chi connectivity index (χ1n) is 13.8. The molecule has 7 nitrogen and oxygen atoms in total. The first kappa shape index (κ1) is 25.5. The summed E-state index contributed by atoms with van der Waals surface area (Å²) in [7, 11) is 0. The van der Waals surface area contributed by atoms with Crippen LogP contribution < -0.4 is 10.2 Å². The van der Waals surface area contributed by atoms with E-state index in [-0.39, 0.29) is 17.3 Å². The molecule has 1 amide bonds. The predicted molar refractivity (Wildman–Crippen MR) is 138 cm³/mol. The molecule has 3 heterocycles. The molecule has 1 saturated carbocycles. The second-order valence-electron chi connectivity index (χ2n) is 11.7. The maximum atomic E-state index is 13.7. The molecule has 2 aromatic rings. The van der Waals surface area contributed by atoms with E-state index in [1.54, 1.807) is 6.07 Å². The summed E-state index contributed by atoms with van der Waals surface area (Å²) in [5.41, 5.74) is 0.533. The number of nitrogens with zero attached hydrogens (tertiary/aromatic N) is 3. The average molecular weight is 501 g/mol. The zero-order chi connectivity index (χ0) is 25.1. The second-order valence-corrected chi connectivity index (χ2v) is 11.7. The van der Waals surface area contributed by atoms with E-state index in [0.29, 0.717) is 24.0 Å². The number of ether oxygens (including phenoxy) is 1. The quantitative estimate of drug-likeness (QED) is 0.592. The minimum absolute atomic E-state index is 0.0994. The maximum Gasteiger partial charge on any atom is 0.220 e. The molecule has 1 aromatic heterocycles. The number of benzene rings is 1. The predicted octanol–water partition coefficient (Wildman–Crippen LogP) is 4.75. The van der Waals surface area contributed by atoms with E-state index >= 15 is 0 Å². The number of hydrogen-bond acceptors (Lipinski definition) is 6. The third-order valence-corrected chi connectivity index (χ3v) is 8.42. The van der Waals surface area contributed by atoms with Gasteiger partial charge in [-0.15, -0.1) is 0 Å². The number of halogens is 1. The second kappa shape index (κ2) is 11.1. The Hall–Kier alpha value is -2.19. The Morgan fingerprint density at radius 3 is 2.64 bits per heavy atom.